The Kier molecular flexibility index (Phi) is 6.85. The Morgan fingerprint density at radius 1 is 1.10 bits per heavy atom. The van der Waals surface area contributed by atoms with Crippen LogP contribution in [0.15, 0.2) is 12.1 Å². The molecule has 0 heterocycles. The average molecular weight is 349 g/mol. The van der Waals surface area contributed by atoms with Crippen molar-refractivity contribution < 1.29 is 14.4 Å². The molecule has 21 heavy (non-hydrogen) atoms. The van der Waals surface area contributed by atoms with Crippen LogP contribution in [-0.4, -0.2) is 28.6 Å². The predicted molar refractivity (Wildman–Crippen MR) is 84.8 cm³/mol. The number of ketones is 2. The summed E-state index contributed by atoms with van der Waals surface area (Å²) in [7, 11) is 0. The lowest BCUT2D eigenvalue weighted by Gasteiger charge is -2.14. The van der Waals surface area contributed by atoms with E-state index in [1.54, 1.807) is 20.1 Å². The molecule has 0 saturated carbocycles. The molecule has 1 rings (SSSR count). The Morgan fingerprint density at radius 2 is 1.62 bits per heavy atom. The van der Waals surface area contributed by atoms with Crippen molar-refractivity contribution in [3.8, 4) is 0 Å². The van der Waals surface area contributed by atoms with Crippen LogP contribution in [0.1, 0.15) is 53.0 Å². The first-order chi connectivity index (χ1) is 9.88. The number of Topliss-reactive ketones (excluding diaryl/α,β-unsaturated/α-hetero) is 2. The molecule has 0 amide bonds. The largest absolute Gasteiger partial charge is 0.292 e. The molecule has 2 atom stereocenters. The van der Waals surface area contributed by atoms with Gasteiger partial charge < -0.3 is 0 Å². The molecule has 6 heteroatoms. The molecule has 113 valence electrons. The number of alkyl halides is 2. The smallest absolute Gasteiger partial charge is 0.234 e. The molecular weight excluding hydrogens is 335 g/mol. The normalized spacial score (nSPS) is 13.6. The molecule has 0 N–H and O–H groups in total. The lowest BCUT2D eigenvalue weighted by molar-refractivity contribution is 0.0985. The molecule has 2 unspecified atom stereocenters. The van der Waals surface area contributed by atoms with E-state index in [0.29, 0.717) is 12.8 Å². The van der Waals surface area contributed by atoms with Gasteiger partial charge in [0.05, 0.1) is 15.8 Å². The molecule has 1 radical (unpaired) electrons. The van der Waals surface area contributed by atoms with Crippen LogP contribution in [0.3, 0.4) is 0 Å². The molecule has 0 aliphatic rings. The highest BCUT2D eigenvalue weighted by molar-refractivity contribution is 6.43. The maximum Gasteiger partial charge on any atom is 0.234 e. The number of hydrogen-bond acceptors (Lipinski definition) is 3. The minimum Gasteiger partial charge on any atom is -0.292 e. The van der Waals surface area contributed by atoms with E-state index in [0.717, 1.165) is 0 Å². The van der Waals surface area contributed by atoms with E-state index in [2.05, 4.69) is 0 Å². The fourth-order valence-corrected chi connectivity index (χ4v) is 2.37. The highest BCUT2D eigenvalue weighted by atomic mass is 35.5. The van der Waals surface area contributed by atoms with E-state index < -0.39 is 22.3 Å². The van der Waals surface area contributed by atoms with Crippen molar-refractivity contribution in [3.63, 3.8) is 0 Å². The van der Waals surface area contributed by atoms with Crippen molar-refractivity contribution >= 4 is 52.7 Å². The van der Waals surface area contributed by atoms with Gasteiger partial charge in [0.1, 0.15) is 0 Å². The zero-order valence-corrected chi connectivity index (χ0v) is 13.9. The fourth-order valence-electron chi connectivity index (χ4n) is 1.79. The summed E-state index contributed by atoms with van der Waals surface area (Å²) in [5.74, 6) is -0.891. The minimum atomic E-state index is -0.821. The highest BCUT2D eigenvalue weighted by Gasteiger charge is 2.27. The van der Waals surface area contributed by atoms with Gasteiger partial charge in [0.2, 0.25) is 6.29 Å². The van der Waals surface area contributed by atoms with Gasteiger partial charge in [-0.15, -0.1) is 23.2 Å². The van der Waals surface area contributed by atoms with Gasteiger partial charge in [-0.3, -0.25) is 14.4 Å². The molecule has 0 bridgehead atoms. The van der Waals surface area contributed by atoms with E-state index in [-0.39, 0.29) is 21.7 Å². The maximum absolute atomic E-state index is 12.3. The summed E-state index contributed by atoms with van der Waals surface area (Å²) in [6, 6.07) is 2.71. The minimum absolute atomic E-state index is 0.0109. The summed E-state index contributed by atoms with van der Waals surface area (Å²) in [6.07, 6.45) is 2.45. The van der Waals surface area contributed by atoms with Gasteiger partial charge in [-0.1, -0.05) is 25.4 Å². The summed E-state index contributed by atoms with van der Waals surface area (Å²) in [4.78, 5) is 35.4. The summed E-state index contributed by atoms with van der Waals surface area (Å²) >= 11 is 18.0. The third-order valence-electron chi connectivity index (χ3n) is 3.05. The lowest BCUT2D eigenvalue weighted by Crippen LogP contribution is -2.20. The van der Waals surface area contributed by atoms with E-state index >= 15 is 0 Å². The summed E-state index contributed by atoms with van der Waals surface area (Å²) in [5, 5.41) is -1.66. The molecule has 0 fully saturated rings. The van der Waals surface area contributed by atoms with Crippen LogP contribution >= 0.6 is 34.8 Å². The second kappa shape index (κ2) is 7.92. The number of carbonyl (C=O) groups is 2. The van der Waals surface area contributed by atoms with Gasteiger partial charge in [0.15, 0.2) is 11.6 Å². The van der Waals surface area contributed by atoms with Gasteiger partial charge in [-0.25, -0.2) is 0 Å². The Labute approximate surface area is 138 Å². The SMILES string of the molecule is CCC(Cl)C(=O)c1ccc([C]=O)c(C(=O)C(Cl)CC)c1Cl. The number of carbonyl (C=O) groups excluding carboxylic acids is 3. The lowest BCUT2D eigenvalue weighted by atomic mass is 9.95. The summed E-state index contributed by atoms with van der Waals surface area (Å²) < 4.78 is 0. The second-order valence-electron chi connectivity index (χ2n) is 4.43. The van der Waals surface area contributed by atoms with Crippen molar-refractivity contribution in [2.24, 2.45) is 0 Å². The molecule has 0 saturated heterocycles. The van der Waals surface area contributed by atoms with Crippen molar-refractivity contribution in [3.05, 3.63) is 33.8 Å². The Hall–Kier alpha value is -0.900. The number of halogens is 3. The first-order valence-corrected chi connectivity index (χ1v) is 7.71. The zero-order valence-electron chi connectivity index (χ0n) is 11.6. The van der Waals surface area contributed by atoms with Gasteiger partial charge in [-0.05, 0) is 25.0 Å². The van der Waals surface area contributed by atoms with Crippen LogP contribution in [0.25, 0.3) is 0 Å². The molecule has 0 aliphatic heterocycles. The number of hydrogen-bond donors (Lipinski definition) is 0. The van der Waals surface area contributed by atoms with Crippen LogP contribution in [0.5, 0.6) is 0 Å². The van der Waals surface area contributed by atoms with E-state index in [1.807, 2.05) is 0 Å². The van der Waals surface area contributed by atoms with Gasteiger partial charge in [0.25, 0.3) is 0 Å². The van der Waals surface area contributed by atoms with Gasteiger partial charge in [0, 0.05) is 16.7 Å². The summed E-state index contributed by atoms with van der Waals surface area (Å²) in [5.41, 5.74) is 0.0310. The highest BCUT2D eigenvalue weighted by Crippen LogP contribution is 2.29. The second-order valence-corrected chi connectivity index (χ2v) is 5.86. The molecule has 1 aromatic carbocycles. The quantitative estimate of drug-likeness (QED) is 0.548. The van der Waals surface area contributed by atoms with Crippen LogP contribution in [0.2, 0.25) is 5.02 Å². The molecule has 1 aromatic rings. The Morgan fingerprint density at radius 3 is 2.10 bits per heavy atom. The molecule has 0 aliphatic carbocycles. The van der Waals surface area contributed by atoms with Crippen LogP contribution in [-0.2, 0) is 4.79 Å². The van der Waals surface area contributed by atoms with E-state index in [9.17, 15) is 14.4 Å². The zero-order chi connectivity index (χ0) is 16.2. The van der Waals surface area contributed by atoms with Gasteiger partial charge in [-0.2, -0.15) is 0 Å². The monoisotopic (exact) mass is 347 g/mol. The van der Waals surface area contributed by atoms with E-state index in [4.69, 9.17) is 34.8 Å². The van der Waals surface area contributed by atoms with Crippen molar-refractivity contribution in [2.45, 2.75) is 37.4 Å². The third-order valence-corrected chi connectivity index (χ3v) is 4.46. The Balaban J connectivity index is 3.45. The number of rotatable bonds is 7. The van der Waals surface area contributed by atoms with Crippen molar-refractivity contribution in [1.82, 2.24) is 0 Å². The van der Waals surface area contributed by atoms with Gasteiger partial charge >= 0.3 is 0 Å². The van der Waals surface area contributed by atoms with Crippen molar-refractivity contribution in [1.29, 1.82) is 0 Å². The standard InChI is InChI=1S/C15H14Cl3O3/c1-3-10(16)14(20)9-6-5-8(7-19)12(13(9)18)15(21)11(17)4-2/h5-6,10-11H,3-4H2,1-2H3. The van der Waals surface area contributed by atoms with Crippen LogP contribution in [0.4, 0.5) is 0 Å². The van der Waals surface area contributed by atoms with Crippen LogP contribution < -0.4 is 0 Å². The molecule has 3 nitrogen and oxygen atoms in total. The molecular formula is C15H14Cl3O3. The van der Waals surface area contributed by atoms with E-state index in [1.165, 1.54) is 12.1 Å². The third kappa shape index (κ3) is 3.85. The maximum atomic E-state index is 12.3. The Bertz CT molecular complexity index is 570. The first kappa shape index (κ1) is 18.1. The number of benzene rings is 1. The fraction of sp³-hybridized carbons (Fsp3) is 0.400. The molecule has 0 aromatic heterocycles. The van der Waals surface area contributed by atoms with Crippen molar-refractivity contribution in [2.75, 3.05) is 0 Å². The average Bonchev–Trinajstić information content (AvgIpc) is 2.51. The van der Waals surface area contributed by atoms with Crippen LogP contribution in [0, 0.1) is 0 Å². The molecule has 0 spiro atoms. The predicted octanol–water partition coefficient (Wildman–Crippen LogP) is 4.20. The first-order valence-electron chi connectivity index (χ1n) is 6.46. The topological polar surface area (TPSA) is 51.2 Å². The summed E-state index contributed by atoms with van der Waals surface area (Å²) in [6.45, 7) is 3.49.